The maximum absolute atomic E-state index is 11.8. The van der Waals surface area contributed by atoms with Crippen LogP contribution in [0.4, 0.5) is 0 Å². The molecule has 0 bridgehead atoms. The van der Waals surface area contributed by atoms with Crippen LogP contribution in [0.15, 0.2) is 0 Å². The van der Waals surface area contributed by atoms with E-state index in [9.17, 15) is 9.90 Å². The predicted octanol–water partition coefficient (Wildman–Crippen LogP) is 6.66. The summed E-state index contributed by atoms with van der Waals surface area (Å²) in [6.07, 6.45) is 21.7. The number of rotatable bonds is 15. The monoisotopic (exact) mass is 354 g/mol. The number of aliphatic hydroxyl groups is 1. The average Bonchev–Trinajstić information content (AvgIpc) is 2.59. The highest BCUT2D eigenvalue weighted by atomic mass is 16.7. The van der Waals surface area contributed by atoms with Gasteiger partial charge < -0.3 is 9.84 Å². The Hall–Kier alpha value is -0.570. The van der Waals surface area contributed by atoms with Gasteiger partial charge in [-0.05, 0) is 19.3 Å². The fourth-order valence-electron chi connectivity index (χ4n) is 3.76. The first-order valence-electron chi connectivity index (χ1n) is 11.1. The first-order chi connectivity index (χ1) is 12.2. The van der Waals surface area contributed by atoms with Gasteiger partial charge in [0.2, 0.25) is 5.79 Å². The Morgan fingerprint density at radius 1 is 0.760 bits per heavy atom. The molecule has 1 saturated carbocycles. The fraction of sp³-hybridized carbons (Fsp3) is 0.955. The van der Waals surface area contributed by atoms with Crippen molar-refractivity contribution < 1.29 is 14.6 Å². The molecule has 0 saturated heterocycles. The van der Waals surface area contributed by atoms with Crippen molar-refractivity contribution in [3.8, 4) is 0 Å². The number of unbranched alkanes of at least 4 members (excludes halogenated alkanes) is 12. The molecule has 148 valence electrons. The van der Waals surface area contributed by atoms with Gasteiger partial charge in [-0.15, -0.1) is 0 Å². The van der Waals surface area contributed by atoms with Crippen molar-refractivity contribution in [2.45, 2.75) is 135 Å². The average molecular weight is 355 g/mol. The highest BCUT2D eigenvalue weighted by Gasteiger charge is 2.32. The van der Waals surface area contributed by atoms with Gasteiger partial charge in [-0.1, -0.05) is 90.4 Å². The largest absolute Gasteiger partial charge is 0.433 e. The van der Waals surface area contributed by atoms with Gasteiger partial charge in [0, 0.05) is 19.3 Å². The zero-order chi connectivity index (χ0) is 18.2. The number of ether oxygens (including phenoxy) is 1. The Morgan fingerprint density at radius 3 is 1.68 bits per heavy atom. The van der Waals surface area contributed by atoms with Crippen LogP contribution in [0, 0.1) is 0 Å². The van der Waals surface area contributed by atoms with Crippen LogP contribution < -0.4 is 0 Å². The maximum atomic E-state index is 11.8. The molecule has 0 aliphatic heterocycles. The summed E-state index contributed by atoms with van der Waals surface area (Å²) in [7, 11) is 0. The number of hydrogen-bond acceptors (Lipinski definition) is 3. The molecule has 1 N–H and O–H groups in total. The van der Waals surface area contributed by atoms with Crippen molar-refractivity contribution in [1.82, 2.24) is 0 Å². The van der Waals surface area contributed by atoms with Gasteiger partial charge in [-0.25, -0.2) is 0 Å². The van der Waals surface area contributed by atoms with Gasteiger partial charge in [0.1, 0.15) is 0 Å². The minimum atomic E-state index is -1.16. The molecule has 0 aromatic rings. The molecule has 0 amide bonds. The van der Waals surface area contributed by atoms with Crippen LogP contribution in [0.25, 0.3) is 0 Å². The van der Waals surface area contributed by atoms with Crippen LogP contribution in [0.5, 0.6) is 0 Å². The van der Waals surface area contributed by atoms with Gasteiger partial charge in [0.25, 0.3) is 0 Å². The standard InChI is InChI=1S/C22H42O3/c1-2-3-4-5-6-7-8-9-10-11-12-13-15-18-21(23)25-22(24)19-16-14-17-20-22/h24H,2-20H2,1H3. The minimum Gasteiger partial charge on any atom is -0.433 e. The van der Waals surface area contributed by atoms with E-state index in [0.29, 0.717) is 19.3 Å². The van der Waals surface area contributed by atoms with Crippen LogP contribution in [-0.4, -0.2) is 16.9 Å². The minimum absolute atomic E-state index is 0.215. The third kappa shape index (κ3) is 12.4. The summed E-state index contributed by atoms with van der Waals surface area (Å²) >= 11 is 0. The van der Waals surface area contributed by atoms with Gasteiger partial charge in [0.15, 0.2) is 0 Å². The molecule has 0 aromatic heterocycles. The highest BCUT2D eigenvalue weighted by Crippen LogP contribution is 2.29. The van der Waals surface area contributed by atoms with Gasteiger partial charge in [0.05, 0.1) is 0 Å². The zero-order valence-corrected chi connectivity index (χ0v) is 16.7. The van der Waals surface area contributed by atoms with Crippen molar-refractivity contribution in [2.24, 2.45) is 0 Å². The van der Waals surface area contributed by atoms with Gasteiger partial charge in [-0.2, -0.15) is 0 Å². The third-order valence-corrected chi connectivity index (χ3v) is 5.42. The van der Waals surface area contributed by atoms with Crippen LogP contribution in [0.1, 0.15) is 129 Å². The lowest BCUT2D eigenvalue weighted by molar-refractivity contribution is -0.220. The molecule has 1 fully saturated rings. The molecule has 0 atom stereocenters. The second-order valence-electron chi connectivity index (χ2n) is 7.97. The van der Waals surface area contributed by atoms with E-state index in [0.717, 1.165) is 32.1 Å². The van der Waals surface area contributed by atoms with E-state index in [1.807, 2.05) is 0 Å². The Morgan fingerprint density at radius 2 is 1.20 bits per heavy atom. The van der Waals surface area contributed by atoms with E-state index < -0.39 is 5.79 Å². The summed E-state index contributed by atoms with van der Waals surface area (Å²) in [5, 5.41) is 10.2. The second-order valence-corrected chi connectivity index (χ2v) is 7.97. The molecule has 1 aliphatic rings. The fourth-order valence-corrected chi connectivity index (χ4v) is 3.76. The Kier molecular flexibility index (Phi) is 13.1. The molecular weight excluding hydrogens is 312 g/mol. The van der Waals surface area contributed by atoms with E-state index in [2.05, 4.69) is 6.92 Å². The first-order valence-corrected chi connectivity index (χ1v) is 11.1. The molecule has 0 spiro atoms. The first kappa shape index (κ1) is 22.5. The number of hydrogen-bond donors (Lipinski definition) is 1. The molecule has 0 heterocycles. The van der Waals surface area contributed by atoms with Crippen LogP contribution in [-0.2, 0) is 9.53 Å². The second kappa shape index (κ2) is 14.6. The van der Waals surface area contributed by atoms with Crippen LogP contribution >= 0.6 is 0 Å². The smallest absolute Gasteiger partial charge is 0.308 e. The van der Waals surface area contributed by atoms with Crippen molar-refractivity contribution in [3.05, 3.63) is 0 Å². The Bertz CT molecular complexity index is 321. The van der Waals surface area contributed by atoms with Crippen molar-refractivity contribution in [1.29, 1.82) is 0 Å². The molecule has 1 aliphatic carbocycles. The molecular formula is C22H42O3. The molecule has 1 rings (SSSR count). The summed E-state index contributed by atoms with van der Waals surface area (Å²) in [6, 6.07) is 0. The third-order valence-electron chi connectivity index (χ3n) is 5.42. The van der Waals surface area contributed by atoms with Crippen LogP contribution in [0.2, 0.25) is 0 Å². The van der Waals surface area contributed by atoms with Crippen molar-refractivity contribution in [3.63, 3.8) is 0 Å². The van der Waals surface area contributed by atoms with E-state index >= 15 is 0 Å². The van der Waals surface area contributed by atoms with Gasteiger partial charge in [-0.3, -0.25) is 4.79 Å². The zero-order valence-electron chi connectivity index (χ0n) is 16.7. The van der Waals surface area contributed by atoms with Crippen molar-refractivity contribution >= 4 is 5.97 Å². The number of carbonyl (C=O) groups excluding carboxylic acids is 1. The lowest BCUT2D eigenvalue weighted by Gasteiger charge is -2.31. The summed E-state index contributed by atoms with van der Waals surface area (Å²) in [6.45, 7) is 2.27. The molecule has 0 aromatic carbocycles. The molecule has 0 radical (unpaired) electrons. The summed E-state index contributed by atoms with van der Waals surface area (Å²) in [5.41, 5.74) is 0. The predicted molar refractivity (Wildman–Crippen MR) is 104 cm³/mol. The normalized spacial score (nSPS) is 16.7. The lowest BCUT2D eigenvalue weighted by Crippen LogP contribution is -2.36. The molecule has 3 heteroatoms. The van der Waals surface area contributed by atoms with Gasteiger partial charge >= 0.3 is 5.97 Å². The summed E-state index contributed by atoms with van der Waals surface area (Å²) in [4.78, 5) is 11.8. The maximum Gasteiger partial charge on any atom is 0.308 e. The SMILES string of the molecule is CCCCCCCCCCCCCCCC(=O)OC1(O)CCCCC1. The van der Waals surface area contributed by atoms with E-state index in [-0.39, 0.29) is 5.97 Å². The molecule has 25 heavy (non-hydrogen) atoms. The lowest BCUT2D eigenvalue weighted by atomic mass is 9.94. The number of esters is 1. The quantitative estimate of drug-likeness (QED) is 0.203. The van der Waals surface area contributed by atoms with Crippen molar-refractivity contribution in [2.75, 3.05) is 0 Å². The topological polar surface area (TPSA) is 46.5 Å². The summed E-state index contributed by atoms with van der Waals surface area (Å²) < 4.78 is 5.30. The van der Waals surface area contributed by atoms with E-state index in [1.165, 1.54) is 70.6 Å². The van der Waals surface area contributed by atoms with E-state index in [1.54, 1.807) is 0 Å². The molecule has 0 unspecified atom stereocenters. The van der Waals surface area contributed by atoms with Crippen LogP contribution in [0.3, 0.4) is 0 Å². The summed E-state index contributed by atoms with van der Waals surface area (Å²) in [5.74, 6) is -1.38. The number of carbonyl (C=O) groups is 1. The Balaban J connectivity index is 1.83. The Labute approximate surface area is 155 Å². The van der Waals surface area contributed by atoms with E-state index in [4.69, 9.17) is 4.74 Å². The molecule has 3 nitrogen and oxygen atoms in total. The highest BCUT2D eigenvalue weighted by molar-refractivity contribution is 5.69.